The van der Waals surface area contributed by atoms with Gasteiger partial charge in [-0.2, -0.15) is 0 Å². The van der Waals surface area contributed by atoms with E-state index in [2.05, 4.69) is 16.0 Å². The topological polar surface area (TPSA) is 62.7 Å². The molecule has 0 radical (unpaired) electrons. The number of piperidine rings is 1. The van der Waals surface area contributed by atoms with E-state index in [-0.39, 0.29) is 5.78 Å². The molecule has 3 aromatic rings. The number of nitrogens with zero attached hydrogens (tertiary/aromatic N) is 2. The number of rotatable bonds is 6. The number of hydrogen-bond acceptors (Lipinski definition) is 5. The number of hydrogen-bond donors (Lipinski definition) is 1. The zero-order chi connectivity index (χ0) is 25.1. The molecule has 5 rings (SSSR count). The lowest BCUT2D eigenvalue weighted by atomic mass is 9.84. The molecular formula is C30H31ClN2O3. The zero-order valence-electron chi connectivity index (χ0n) is 20.5. The van der Waals surface area contributed by atoms with Crippen LogP contribution in [0.3, 0.4) is 0 Å². The van der Waals surface area contributed by atoms with Gasteiger partial charge in [0.2, 0.25) is 5.88 Å². The Balaban J connectivity index is 1.31. The molecule has 0 spiro atoms. The summed E-state index contributed by atoms with van der Waals surface area (Å²) >= 11 is 6.02. The molecule has 2 aliphatic rings. The lowest BCUT2D eigenvalue weighted by Crippen LogP contribution is -2.42. The summed E-state index contributed by atoms with van der Waals surface area (Å²) in [6.07, 6.45) is 7.33. The maximum Gasteiger partial charge on any atom is 0.226 e. The molecule has 1 fully saturated rings. The highest BCUT2D eigenvalue weighted by atomic mass is 35.5. The molecule has 2 aliphatic heterocycles. The number of allylic oxidation sites excluding steroid dienone is 1. The first-order valence-corrected chi connectivity index (χ1v) is 13.0. The van der Waals surface area contributed by atoms with E-state index in [9.17, 15) is 9.90 Å². The van der Waals surface area contributed by atoms with E-state index in [0.29, 0.717) is 42.3 Å². The van der Waals surface area contributed by atoms with Crippen molar-refractivity contribution in [3.05, 3.63) is 94.1 Å². The Hall–Kier alpha value is -2.99. The van der Waals surface area contributed by atoms with Gasteiger partial charge >= 0.3 is 0 Å². The van der Waals surface area contributed by atoms with E-state index in [4.69, 9.17) is 16.3 Å². The smallest absolute Gasteiger partial charge is 0.226 e. The summed E-state index contributed by atoms with van der Waals surface area (Å²) < 4.78 is 6.19. The molecule has 5 nitrogen and oxygen atoms in total. The van der Waals surface area contributed by atoms with Gasteiger partial charge < -0.3 is 14.7 Å². The van der Waals surface area contributed by atoms with E-state index >= 15 is 0 Å². The molecule has 36 heavy (non-hydrogen) atoms. The summed E-state index contributed by atoms with van der Waals surface area (Å²) in [5, 5.41) is 11.9. The predicted molar refractivity (Wildman–Crippen MR) is 143 cm³/mol. The lowest BCUT2D eigenvalue weighted by Gasteiger charge is -2.38. The monoisotopic (exact) mass is 502 g/mol. The van der Waals surface area contributed by atoms with E-state index in [1.54, 1.807) is 6.20 Å². The van der Waals surface area contributed by atoms with Gasteiger partial charge in [-0.05, 0) is 60.7 Å². The second-order valence-electron chi connectivity index (χ2n) is 9.59. The van der Waals surface area contributed by atoms with Gasteiger partial charge in [-0.3, -0.25) is 4.79 Å². The third kappa shape index (κ3) is 5.10. The van der Waals surface area contributed by atoms with Crippen LogP contribution in [-0.4, -0.2) is 40.4 Å². The van der Waals surface area contributed by atoms with Crippen molar-refractivity contribution in [2.24, 2.45) is 0 Å². The molecule has 0 bridgehead atoms. The Kier molecular flexibility index (Phi) is 7.24. The van der Waals surface area contributed by atoms with Crippen molar-refractivity contribution in [1.82, 2.24) is 9.88 Å². The van der Waals surface area contributed by atoms with Crippen LogP contribution in [0.15, 0.2) is 66.9 Å². The Morgan fingerprint density at radius 3 is 2.67 bits per heavy atom. The van der Waals surface area contributed by atoms with E-state index in [1.807, 2.05) is 61.5 Å². The Bertz CT molecular complexity index is 1280. The average Bonchev–Trinajstić information content (AvgIpc) is 3.06. The normalized spacial score (nSPS) is 18.1. The van der Waals surface area contributed by atoms with Crippen LogP contribution in [0.25, 0.3) is 5.57 Å². The number of ether oxygens (including phenoxy) is 1. The number of aliphatic hydroxyl groups is 1. The van der Waals surface area contributed by atoms with Gasteiger partial charge in [0.25, 0.3) is 0 Å². The third-order valence-electron chi connectivity index (χ3n) is 7.35. The highest BCUT2D eigenvalue weighted by Crippen LogP contribution is 2.39. The zero-order valence-corrected chi connectivity index (χ0v) is 21.3. The third-order valence-corrected chi connectivity index (χ3v) is 7.60. The molecule has 2 aromatic carbocycles. The van der Waals surface area contributed by atoms with Gasteiger partial charge in [0.15, 0.2) is 5.78 Å². The molecule has 0 aliphatic carbocycles. The number of ketones is 1. The first-order valence-electron chi connectivity index (χ1n) is 12.6. The van der Waals surface area contributed by atoms with Crippen molar-refractivity contribution in [1.29, 1.82) is 0 Å². The number of halogens is 1. The molecule has 1 aromatic heterocycles. The number of carbonyl (C=O) groups excluding carboxylic acids is 1. The van der Waals surface area contributed by atoms with Crippen LogP contribution in [0.2, 0.25) is 5.02 Å². The predicted octanol–water partition coefficient (Wildman–Crippen LogP) is 6.43. The number of Topliss-reactive ketones (excluding diaryl/α,β-unsaturated/α-hetero) is 1. The molecule has 3 heterocycles. The molecule has 1 saturated heterocycles. The van der Waals surface area contributed by atoms with Crippen LogP contribution >= 0.6 is 11.6 Å². The molecule has 0 atom stereocenters. The second-order valence-corrected chi connectivity index (χ2v) is 10.0. The van der Waals surface area contributed by atoms with Crippen molar-refractivity contribution in [2.45, 2.75) is 44.6 Å². The van der Waals surface area contributed by atoms with Gasteiger partial charge in [-0.25, -0.2) is 4.98 Å². The Labute approximate surface area is 217 Å². The molecular weight excluding hydrogens is 472 g/mol. The number of pyridine rings is 1. The number of likely N-dealkylation sites (tertiary alicyclic amines) is 1. The van der Waals surface area contributed by atoms with Gasteiger partial charge in [0.05, 0.1) is 5.60 Å². The van der Waals surface area contributed by atoms with Crippen LogP contribution in [0.1, 0.15) is 59.7 Å². The summed E-state index contributed by atoms with van der Waals surface area (Å²) in [6.45, 7) is 4.46. The van der Waals surface area contributed by atoms with Crippen LogP contribution < -0.4 is 4.74 Å². The summed E-state index contributed by atoms with van der Waals surface area (Å²) in [7, 11) is 0. The quantitative estimate of drug-likeness (QED) is 0.393. The van der Waals surface area contributed by atoms with Gasteiger partial charge in [0.1, 0.15) is 5.75 Å². The SMILES string of the molecule is CCC(=O)c1cccc2c1C/C(=C/CCN1CCC(O)(c3ccc(Cl)cc3)CC1)c1cccnc1O2. The molecule has 1 N–H and O–H groups in total. The van der Waals surface area contributed by atoms with Gasteiger partial charge in [-0.1, -0.05) is 48.9 Å². The molecule has 186 valence electrons. The summed E-state index contributed by atoms with van der Waals surface area (Å²) in [5.41, 5.74) is 3.90. The summed E-state index contributed by atoms with van der Waals surface area (Å²) in [4.78, 5) is 19.5. The van der Waals surface area contributed by atoms with Gasteiger partial charge in [-0.15, -0.1) is 0 Å². The first kappa shape index (κ1) is 24.7. The molecule has 6 heteroatoms. The minimum absolute atomic E-state index is 0.121. The molecule has 0 amide bonds. The van der Waals surface area contributed by atoms with E-state index < -0.39 is 5.60 Å². The summed E-state index contributed by atoms with van der Waals surface area (Å²) in [5.74, 6) is 1.40. The molecule has 0 saturated carbocycles. The molecule has 0 unspecified atom stereocenters. The van der Waals surface area contributed by atoms with Crippen LogP contribution in [0, 0.1) is 0 Å². The standard InChI is InChI=1S/C30H31ClN2O3/c1-2-27(34)25-7-3-9-28-26(25)20-21(24-8-4-16-32-29(24)36-28)6-5-17-33-18-14-30(35,15-19-33)22-10-12-23(31)13-11-22/h3-4,6-13,16,35H,2,5,14-15,17-20H2,1H3/b21-6-. The van der Waals surface area contributed by atoms with Crippen LogP contribution in [-0.2, 0) is 12.0 Å². The van der Waals surface area contributed by atoms with E-state index in [1.165, 1.54) is 0 Å². The van der Waals surface area contributed by atoms with Crippen molar-refractivity contribution < 1.29 is 14.6 Å². The number of fused-ring (bicyclic) bond motifs is 2. The van der Waals surface area contributed by atoms with Crippen LogP contribution in [0.4, 0.5) is 0 Å². The Morgan fingerprint density at radius 1 is 1.14 bits per heavy atom. The minimum atomic E-state index is -0.797. The maximum absolute atomic E-state index is 12.6. The van der Waals surface area contributed by atoms with Crippen molar-refractivity contribution >= 4 is 23.0 Å². The first-order chi connectivity index (χ1) is 17.5. The number of benzene rings is 2. The largest absolute Gasteiger partial charge is 0.438 e. The highest BCUT2D eigenvalue weighted by Gasteiger charge is 2.33. The lowest BCUT2D eigenvalue weighted by molar-refractivity contribution is -0.0254. The fourth-order valence-electron chi connectivity index (χ4n) is 5.20. The van der Waals surface area contributed by atoms with Gasteiger partial charge in [0, 0.05) is 60.4 Å². The fraction of sp³-hybridized carbons (Fsp3) is 0.333. The fourth-order valence-corrected chi connectivity index (χ4v) is 5.33. The Morgan fingerprint density at radius 2 is 1.92 bits per heavy atom. The van der Waals surface area contributed by atoms with E-state index in [0.717, 1.165) is 53.9 Å². The van der Waals surface area contributed by atoms with Crippen molar-refractivity contribution in [2.75, 3.05) is 19.6 Å². The van der Waals surface area contributed by atoms with Crippen LogP contribution in [0.5, 0.6) is 11.6 Å². The number of carbonyl (C=O) groups is 1. The maximum atomic E-state index is 12.6. The summed E-state index contributed by atoms with van der Waals surface area (Å²) in [6, 6.07) is 17.2. The number of aromatic nitrogens is 1. The highest BCUT2D eigenvalue weighted by molar-refractivity contribution is 6.30. The average molecular weight is 503 g/mol. The van der Waals surface area contributed by atoms with Crippen molar-refractivity contribution in [3.63, 3.8) is 0 Å². The second kappa shape index (κ2) is 10.6. The minimum Gasteiger partial charge on any atom is -0.438 e. The van der Waals surface area contributed by atoms with Crippen molar-refractivity contribution in [3.8, 4) is 11.6 Å².